The summed E-state index contributed by atoms with van der Waals surface area (Å²) in [4.78, 5) is 2.36. The highest BCUT2D eigenvalue weighted by atomic mass is 16.3. The number of hydrogen-bond donors (Lipinski definition) is 1. The maximum atomic E-state index is 9.42. The second kappa shape index (κ2) is 23.0. The number of aliphatic hydroxyl groups is 1. The Kier molecular flexibility index (Phi) is 33.1. The van der Waals surface area contributed by atoms with Gasteiger partial charge in [0.05, 0.1) is 6.10 Å². The zero-order valence-electron chi connectivity index (χ0n) is 15.7. The van der Waals surface area contributed by atoms with E-state index in [4.69, 9.17) is 0 Å². The minimum atomic E-state index is -0.0569. The quantitative estimate of drug-likeness (QED) is 0.712. The average molecular weight is 278 g/mol. The highest BCUT2D eigenvalue weighted by molar-refractivity contribution is 4.81. The van der Waals surface area contributed by atoms with Crippen LogP contribution in [0.3, 0.4) is 0 Å². The van der Waals surface area contributed by atoms with E-state index in [0.717, 1.165) is 19.4 Å². The lowest BCUT2D eigenvalue weighted by molar-refractivity contribution is 0.0378. The lowest BCUT2D eigenvalue weighted by Gasteiger charge is -2.37. The average Bonchev–Trinajstić information content (AvgIpc) is 2.50. The number of hydrogen-bond acceptors (Lipinski definition) is 2. The lowest BCUT2D eigenvalue weighted by Crippen LogP contribution is -2.44. The maximum absolute atomic E-state index is 9.42. The van der Waals surface area contributed by atoms with Crippen molar-refractivity contribution in [2.75, 3.05) is 13.6 Å². The van der Waals surface area contributed by atoms with E-state index in [1.54, 1.807) is 0 Å². The van der Waals surface area contributed by atoms with Gasteiger partial charge in [-0.15, -0.1) is 0 Å². The Bertz CT molecular complexity index is 126. The Morgan fingerprint density at radius 1 is 0.895 bits per heavy atom. The third-order valence-electron chi connectivity index (χ3n) is 2.66. The maximum Gasteiger partial charge on any atom is 0.0567 e. The molecule has 2 heteroatoms. The van der Waals surface area contributed by atoms with E-state index >= 15 is 0 Å². The molecule has 1 aliphatic heterocycles. The molecule has 0 aliphatic carbocycles. The van der Waals surface area contributed by atoms with Gasteiger partial charge in [-0.25, -0.2) is 0 Å². The first kappa shape index (κ1) is 27.3. The molecule has 19 heavy (non-hydrogen) atoms. The molecule has 2 nitrogen and oxygen atoms in total. The van der Waals surface area contributed by atoms with Crippen LogP contribution in [-0.4, -0.2) is 35.7 Å². The van der Waals surface area contributed by atoms with Crippen LogP contribution in [-0.2, 0) is 0 Å². The summed E-state index contributed by atoms with van der Waals surface area (Å²) < 4.78 is 0. The number of nitrogens with zero attached hydrogens (tertiary/aromatic N) is 1. The van der Waals surface area contributed by atoms with Crippen LogP contribution in [0, 0.1) is 5.92 Å². The summed E-state index contributed by atoms with van der Waals surface area (Å²) in [6, 6.07) is 0.582. The topological polar surface area (TPSA) is 23.5 Å². The van der Waals surface area contributed by atoms with E-state index in [0.29, 0.717) is 12.0 Å². The van der Waals surface area contributed by atoms with Crippen molar-refractivity contribution in [2.45, 2.75) is 94.2 Å². The molecule has 0 amide bonds. The molecule has 0 aromatic carbocycles. The Morgan fingerprint density at radius 3 is 1.53 bits per heavy atom. The minimum Gasteiger partial charge on any atom is -0.393 e. The molecule has 1 saturated heterocycles. The van der Waals surface area contributed by atoms with Gasteiger partial charge >= 0.3 is 0 Å². The van der Waals surface area contributed by atoms with E-state index in [1.807, 2.05) is 55.4 Å². The van der Waals surface area contributed by atoms with Gasteiger partial charge in [0, 0.05) is 12.6 Å². The Morgan fingerprint density at radius 2 is 1.26 bits per heavy atom. The van der Waals surface area contributed by atoms with Gasteiger partial charge < -0.3 is 10.0 Å². The van der Waals surface area contributed by atoms with Crippen molar-refractivity contribution in [3.8, 4) is 0 Å². The van der Waals surface area contributed by atoms with Crippen molar-refractivity contribution in [2.24, 2.45) is 5.92 Å². The van der Waals surface area contributed by atoms with Gasteiger partial charge in [0.15, 0.2) is 0 Å². The molecule has 0 spiro atoms. The number of piperidine rings is 1. The van der Waals surface area contributed by atoms with E-state index in [-0.39, 0.29) is 6.10 Å². The first-order valence-corrected chi connectivity index (χ1v) is 8.49. The van der Waals surface area contributed by atoms with E-state index in [9.17, 15) is 5.11 Å². The summed E-state index contributed by atoms with van der Waals surface area (Å²) in [5.74, 6) is 0.662. The molecule has 2 unspecified atom stereocenters. The summed E-state index contributed by atoms with van der Waals surface area (Å²) in [6.45, 7) is 21.5. The molecule has 122 valence electrons. The SMILES string of the molecule is CC.CC.CC.CC.CC(C)C1CC(O)CCN1C. The summed E-state index contributed by atoms with van der Waals surface area (Å²) in [5.41, 5.74) is 0. The molecule has 0 radical (unpaired) electrons. The van der Waals surface area contributed by atoms with Gasteiger partial charge in [-0.2, -0.15) is 0 Å². The standard InChI is InChI=1S/C9H19NO.4C2H6/c1-7(2)9-6-8(11)4-5-10(9)3;4*1-2/h7-9,11H,4-6H2,1-3H3;4*1-2H3. The molecule has 2 atom stereocenters. The summed E-state index contributed by atoms with van der Waals surface area (Å²) in [5, 5.41) is 9.42. The summed E-state index contributed by atoms with van der Waals surface area (Å²) in [7, 11) is 2.15. The predicted octanol–water partition coefficient (Wildman–Crippen LogP) is 5.20. The van der Waals surface area contributed by atoms with Crippen LogP contribution in [0.2, 0.25) is 0 Å². The second-order valence-corrected chi connectivity index (χ2v) is 3.97. The fourth-order valence-electron chi connectivity index (χ4n) is 1.88. The first-order chi connectivity index (χ1) is 9.11. The Balaban J connectivity index is -0.000000121. The first-order valence-electron chi connectivity index (χ1n) is 8.49. The fraction of sp³-hybridized carbons (Fsp3) is 1.00. The molecular weight excluding hydrogens is 234 g/mol. The molecule has 0 aromatic heterocycles. The van der Waals surface area contributed by atoms with Gasteiger partial charge in [-0.3, -0.25) is 0 Å². The van der Waals surface area contributed by atoms with Crippen molar-refractivity contribution in [1.29, 1.82) is 0 Å². The zero-order chi connectivity index (χ0) is 16.4. The van der Waals surface area contributed by atoms with Crippen LogP contribution < -0.4 is 0 Å². The molecule has 0 bridgehead atoms. The van der Waals surface area contributed by atoms with Gasteiger partial charge in [-0.05, 0) is 25.8 Å². The van der Waals surface area contributed by atoms with Crippen LogP contribution in [0.1, 0.15) is 82.1 Å². The summed E-state index contributed by atoms with van der Waals surface area (Å²) >= 11 is 0. The van der Waals surface area contributed by atoms with Gasteiger partial charge in [0.2, 0.25) is 0 Å². The lowest BCUT2D eigenvalue weighted by atomic mass is 9.92. The third kappa shape index (κ3) is 15.9. The largest absolute Gasteiger partial charge is 0.393 e. The number of rotatable bonds is 1. The molecular formula is C17H43NO. The smallest absolute Gasteiger partial charge is 0.0567 e. The van der Waals surface area contributed by atoms with Gasteiger partial charge in [0.1, 0.15) is 0 Å². The van der Waals surface area contributed by atoms with E-state index in [1.165, 1.54) is 0 Å². The molecule has 1 N–H and O–H groups in total. The molecule has 0 saturated carbocycles. The van der Waals surface area contributed by atoms with Crippen LogP contribution in [0.4, 0.5) is 0 Å². The van der Waals surface area contributed by atoms with E-state index in [2.05, 4.69) is 25.8 Å². The van der Waals surface area contributed by atoms with Crippen LogP contribution in [0.15, 0.2) is 0 Å². The highest BCUT2D eigenvalue weighted by Crippen LogP contribution is 2.21. The highest BCUT2D eigenvalue weighted by Gasteiger charge is 2.26. The normalized spacial score (nSPS) is 21.3. The van der Waals surface area contributed by atoms with E-state index < -0.39 is 0 Å². The van der Waals surface area contributed by atoms with Crippen LogP contribution in [0.5, 0.6) is 0 Å². The number of likely N-dealkylation sites (tertiary alicyclic amines) is 1. The Hall–Kier alpha value is -0.0800. The third-order valence-corrected chi connectivity index (χ3v) is 2.66. The van der Waals surface area contributed by atoms with Crippen molar-refractivity contribution >= 4 is 0 Å². The Labute approximate surface area is 124 Å². The summed E-state index contributed by atoms with van der Waals surface area (Å²) in [6.07, 6.45) is 1.84. The monoisotopic (exact) mass is 277 g/mol. The zero-order valence-corrected chi connectivity index (χ0v) is 15.7. The van der Waals surface area contributed by atoms with Gasteiger partial charge in [-0.1, -0.05) is 69.2 Å². The van der Waals surface area contributed by atoms with Gasteiger partial charge in [0.25, 0.3) is 0 Å². The second-order valence-electron chi connectivity index (χ2n) is 3.97. The van der Waals surface area contributed by atoms with Crippen molar-refractivity contribution < 1.29 is 5.11 Å². The van der Waals surface area contributed by atoms with Crippen LogP contribution >= 0.6 is 0 Å². The minimum absolute atomic E-state index is 0.0569. The van der Waals surface area contributed by atoms with Crippen molar-refractivity contribution in [3.63, 3.8) is 0 Å². The molecule has 1 fully saturated rings. The molecule has 0 aromatic rings. The number of aliphatic hydroxyl groups excluding tert-OH is 1. The molecule has 1 heterocycles. The van der Waals surface area contributed by atoms with Crippen LogP contribution in [0.25, 0.3) is 0 Å². The molecule has 1 aliphatic rings. The van der Waals surface area contributed by atoms with Crippen molar-refractivity contribution in [3.05, 3.63) is 0 Å². The predicted molar refractivity (Wildman–Crippen MR) is 91.9 cm³/mol. The fourth-order valence-corrected chi connectivity index (χ4v) is 1.88. The molecule has 1 rings (SSSR count). The van der Waals surface area contributed by atoms with Crippen molar-refractivity contribution in [1.82, 2.24) is 4.90 Å².